The summed E-state index contributed by atoms with van der Waals surface area (Å²) in [5.74, 6) is 6.76. The van der Waals surface area contributed by atoms with Crippen molar-refractivity contribution >= 4 is 11.8 Å². The molecule has 0 aromatic heterocycles. The Bertz CT molecular complexity index is 857. The molecule has 1 aromatic carbocycles. The van der Waals surface area contributed by atoms with Crippen molar-refractivity contribution in [1.29, 1.82) is 0 Å². The van der Waals surface area contributed by atoms with E-state index in [1.165, 1.54) is 5.57 Å². The summed E-state index contributed by atoms with van der Waals surface area (Å²) in [4.78, 5) is 17.8. The molecule has 1 unspecified atom stereocenters. The van der Waals surface area contributed by atoms with Crippen LogP contribution in [0.15, 0.2) is 41.0 Å². The summed E-state index contributed by atoms with van der Waals surface area (Å²) in [6.45, 7) is 4.38. The molecule has 1 atom stereocenters. The average molecular weight is 378 g/mol. The van der Waals surface area contributed by atoms with Gasteiger partial charge in [-0.05, 0) is 68.9 Å². The fourth-order valence-corrected chi connectivity index (χ4v) is 3.88. The van der Waals surface area contributed by atoms with Crippen molar-refractivity contribution in [3.05, 3.63) is 46.9 Å². The molecule has 2 heterocycles. The predicted octanol–water partition coefficient (Wildman–Crippen LogP) is 3.04. The molecule has 2 fully saturated rings. The standard InChI is InChI=1S/C22H25N3O3/c1-2-28-19-6-3-15(4-7-19)5-8-21-23-13-17-14-25(10-9-20(17)24-21)18-11-16(12-18)22(26)27/h3-4,6-7,13,16,18,20H,2,9-12,14H2,1H3,(H2,23,24,26,27)/p-1. The molecule has 1 saturated heterocycles. The van der Waals surface area contributed by atoms with E-state index in [9.17, 15) is 4.79 Å². The molecule has 0 spiro atoms. The molecule has 1 aromatic rings. The first-order valence-electron chi connectivity index (χ1n) is 9.81. The SMILES string of the molecule is CCOc1ccc(C#CC2=NC=C3CN(C4CC(C(=O)O)C4)CCC3[N-]2)cc1. The van der Waals surface area contributed by atoms with Crippen molar-refractivity contribution in [1.82, 2.24) is 4.90 Å². The van der Waals surface area contributed by atoms with E-state index in [1.54, 1.807) is 0 Å². The van der Waals surface area contributed by atoms with Crippen molar-refractivity contribution in [3.8, 4) is 17.6 Å². The van der Waals surface area contributed by atoms with Gasteiger partial charge in [0.25, 0.3) is 0 Å². The minimum atomic E-state index is -0.668. The minimum absolute atomic E-state index is 0.147. The molecule has 1 saturated carbocycles. The summed E-state index contributed by atoms with van der Waals surface area (Å²) < 4.78 is 5.44. The van der Waals surface area contributed by atoms with Crippen molar-refractivity contribution in [2.75, 3.05) is 19.7 Å². The Morgan fingerprint density at radius 1 is 1.32 bits per heavy atom. The highest BCUT2D eigenvalue weighted by molar-refractivity contribution is 6.10. The van der Waals surface area contributed by atoms with E-state index >= 15 is 0 Å². The van der Waals surface area contributed by atoms with Gasteiger partial charge in [0.15, 0.2) is 0 Å². The second-order valence-electron chi connectivity index (χ2n) is 7.43. The zero-order valence-corrected chi connectivity index (χ0v) is 16.0. The number of fused-ring (bicyclic) bond motifs is 1. The van der Waals surface area contributed by atoms with Crippen molar-refractivity contribution < 1.29 is 14.6 Å². The molecule has 28 heavy (non-hydrogen) atoms. The maximum absolute atomic E-state index is 11.0. The number of benzene rings is 1. The van der Waals surface area contributed by atoms with Crippen LogP contribution in [0, 0.1) is 17.8 Å². The highest BCUT2D eigenvalue weighted by Gasteiger charge is 2.39. The van der Waals surface area contributed by atoms with Crippen LogP contribution in [0.5, 0.6) is 5.75 Å². The smallest absolute Gasteiger partial charge is 0.306 e. The van der Waals surface area contributed by atoms with Gasteiger partial charge in [0, 0.05) is 18.2 Å². The lowest BCUT2D eigenvalue weighted by Crippen LogP contribution is -2.51. The maximum atomic E-state index is 11.0. The first kappa shape index (κ1) is 18.6. The molecule has 0 radical (unpaired) electrons. The second kappa shape index (κ2) is 8.07. The number of nitrogens with zero attached hydrogens (tertiary/aromatic N) is 3. The number of aliphatic carboxylic acids is 1. The van der Waals surface area contributed by atoms with Crippen molar-refractivity contribution in [2.24, 2.45) is 10.9 Å². The van der Waals surface area contributed by atoms with E-state index in [0.717, 1.165) is 43.7 Å². The van der Waals surface area contributed by atoms with Gasteiger partial charge in [0.1, 0.15) is 5.75 Å². The highest BCUT2D eigenvalue weighted by atomic mass is 16.5. The van der Waals surface area contributed by atoms with Gasteiger partial charge >= 0.3 is 5.97 Å². The quantitative estimate of drug-likeness (QED) is 0.817. The number of hydrogen-bond acceptors (Lipinski definition) is 4. The van der Waals surface area contributed by atoms with E-state index in [1.807, 2.05) is 37.4 Å². The van der Waals surface area contributed by atoms with Crippen LogP contribution >= 0.6 is 0 Å². The summed E-state index contributed by atoms with van der Waals surface area (Å²) in [5, 5.41) is 13.8. The number of ether oxygens (including phenoxy) is 1. The van der Waals surface area contributed by atoms with Crippen LogP contribution in [-0.4, -0.2) is 53.6 Å². The largest absolute Gasteiger partial charge is 0.494 e. The fraction of sp³-hybridized carbons (Fsp3) is 0.455. The highest BCUT2D eigenvalue weighted by Crippen LogP contribution is 2.36. The van der Waals surface area contributed by atoms with E-state index in [4.69, 9.17) is 15.2 Å². The first-order valence-corrected chi connectivity index (χ1v) is 9.81. The Hall–Kier alpha value is -2.78. The molecule has 146 valence electrons. The number of carboxylic acid groups (broad SMARTS) is 1. The lowest BCUT2D eigenvalue weighted by molar-refractivity contribution is -0.147. The zero-order chi connectivity index (χ0) is 19.5. The third-order valence-corrected chi connectivity index (χ3v) is 5.60. The van der Waals surface area contributed by atoms with Gasteiger partial charge in [0.05, 0.1) is 12.5 Å². The van der Waals surface area contributed by atoms with Crippen LogP contribution in [0.1, 0.15) is 31.7 Å². The number of hydrogen-bond donors (Lipinski definition) is 1. The van der Waals surface area contributed by atoms with E-state index in [0.29, 0.717) is 18.5 Å². The monoisotopic (exact) mass is 378 g/mol. The molecule has 6 heteroatoms. The normalized spacial score (nSPS) is 26.4. The number of amidine groups is 1. The van der Waals surface area contributed by atoms with Gasteiger partial charge in [0.2, 0.25) is 0 Å². The summed E-state index contributed by atoms with van der Waals surface area (Å²) in [5.41, 5.74) is 2.11. The molecule has 1 aliphatic carbocycles. The predicted molar refractivity (Wildman–Crippen MR) is 107 cm³/mol. The zero-order valence-electron chi connectivity index (χ0n) is 16.0. The number of rotatable bonds is 4. The molecule has 6 nitrogen and oxygen atoms in total. The Kier molecular flexibility index (Phi) is 5.36. The molecule has 4 rings (SSSR count). The summed E-state index contributed by atoms with van der Waals surface area (Å²) in [6.07, 6.45) is 4.35. The van der Waals surface area contributed by atoms with Crippen LogP contribution in [0.25, 0.3) is 5.32 Å². The number of piperidine rings is 1. The van der Waals surface area contributed by atoms with E-state index < -0.39 is 5.97 Å². The molecule has 0 bridgehead atoms. The lowest BCUT2D eigenvalue weighted by atomic mass is 9.78. The van der Waals surface area contributed by atoms with Crippen molar-refractivity contribution in [2.45, 2.75) is 38.3 Å². The molecular weight excluding hydrogens is 354 g/mol. The second-order valence-corrected chi connectivity index (χ2v) is 7.43. The van der Waals surface area contributed by atoms with Gasteiger partial charge in [-0.2, -0.15) is 0 Å². The van der Waals surface area contributed by atoms with Gasteiger partial charge < -0.3 is 20.2 Å². The topological polar surface area (TPSA) is 76.2 Å². The summed E-state index contributed by atoms with van der Waals surface area (Å²) in [6, 6.07) is 8.22. The Morgan fingerprint density at radius 3 is 2.82 bits per heavy atom. The Labute approximate surface area is 165 Å². The number of carboxylic acids is 1. The third-order valence-electron chi connectivity index (χ3n) is 5.60. The van der Waals surface area contributed by atoms with Crippen LogP contribution in [0.2, 0.25) is 0 Å². The maximum Gasteiger partial charge on any atom is 0.306 e. The Morgan fingerprint density at radius 2 is 2.11 bits per heavy atom. The molecule has 2 aliphatic heterocycles. The molecule has 0 amide bonds. The van der Waals surface area contributed by atoms with Crippen LogP contribution in [0.4, 0.5) is 0 Å². The minimum Gasteiger partial charge on any atom is -0.494 e. The molecule has 3 aliphatic rings. The number of carbonyl (C=O) groups is 1. The molecular formula is C22H24N3O3-. The van der Waals surface area contributed by atoms with Crippen LogP contribution in [0.3, 0.4) is 0 Å². The van der Waals surface area contributed by atoms with Gasteiger partial charge in [-0.15, -0.1) is 0 Å². The van der Waals surface area contributed by atoms with E-state index in [2.05, 4.69) is 21.7 Å². The van der Waals surface area contributed by atoms with Gasteiger partial charge in [-0.1, -0.05) is 23.6 Å². The number of likely N-dealkylation sites (tertiary alicyclic amines) is 1. The third kappa shape index (κ3) is 4.05. The van der Waals surface area contributed by atoms with Gasteiger partial charge in [-0.25, -0.2) is 0 Å². The average Bonchev–Trinajstić information content (AvgIpc) is 2.66. The Balaban J connectivity index is 1.36. The van der Waals surface area contributed by atoms with Crippen molar-refractivity contribution in [3.63, 3.8) is 0 Å². The fourth-order valence-electron chi connectivity index (χ4n) is 3.88. The summed E-state index contributed by atoms with van der Waals surface area (Å²) >= 11 is 0. The lowest BCUT2D eigenvalue weighted by Gasteiger charge is -2.47. The number of aliphatic imine (C=N–C) groups is 1. The van der Waals surface area contributed by atoms with Gasteiger partial charge in [-0.3, -0.25) is 9.69 Å². The van der Waals surface area contributed by atoms with Crippen LogP contribution in [-0.2, 0) is 4.79 Å². The van der Waals surface area contributed by atoms with Crippen LogP contribution < -0.4 is 4.74 Å². The van der Waals surface area contributed by atoms with E-state index in [-0.39, 0.29) is 12.0 Å². The first-order chi connectivity index (χ1) is 13.6. The summed E-state index contributed by atoms with van der Waals surface area (Å²) in [7, 11) is 0. The molecule has 1 N–H and O–H groups in total.